The SMILES string of the molecule is FC(F)COC1CCCNC1. The van der Waals surface area contributed by atoms with Gasteiger partial charge < -0.3 is 10.1 Å². The Balaban J connectivity index is 2.05. The Hall–Kier alpha value is -0.220. The van der Waals surface area contributed by atoms with Crippen LogP contribution in [0, 0.1) is 0 Å². The predicted octanol–water partition coefficient (Wildman–Crippen LogP) is 1.02. The van der Waals surface area contributed by atoms with E-state index in [0.29, 0.717) is 6.54 Å². The standard InChI is InChI=1S/C7H13F2NO/c8-7(9)5-11-6-2-1-3-10-4-6/h6-7,10H,1-5H2. The van der Waals surface area contributed by atoms with Crippen LogP contribution in [0.5, 0.6) is 0 Å². The van der Waals surface area contributed by atoms with E-state index >= 15 is 0 Å². The van der Waals surface area contributed by atoms with Gasteiger partial charge in [0.2, 0.25) is 0 Å². The zero-order valence-corrected chi connectivity index (χ0v) is 6.35. The minimum absolute atomic E-state index is 0.00208. The van der Waals surface area contributed by atoms with Crippen LogP contribution in [0.25, 0.3) is 0 Å². The van der Waals surface area contributed by atoms with Crippen LogP contribution in [0.15, 0.2) is 0 Å². The molecule has 1 atom stereocenters. The number of piperidine rings is 1. The highest BCUT2D eigenvalue weighted by molar-refractivity contribution is 4.68. The summed E-state index contributed by atoms with van der Waals surface area (Å²) in [6.45, 7) is 1.27. The molecule has 1 aliphatic rings. The number of nitrogens with one attached hydrogen (secondary N) is 1. The van der Waals surface area contributed by atoms with Crippen molar-refractivity contribution in [3.63, 3.8) is 0 Å². The van der Waals surface area contributed by atoms with Crippen molar-refractivity contribution in [1.82, 2.24) is 5.32 Å². The second-order valence-electron chi connectivity index (χ2n) is 2.69. The summed E-state index contributed by atoms with van der Waals surface area (Å²) in [4.78, 5) is 0. The van der Waals surface area contributed by atoms with Gasteiger partial charge in [-0.2, -0.15) is 0 Å². The third-order valence-corrected chi connectivity index (χ3v) is 1.71. The number of alkyl halides is 2. The predicted molar refractivity (Wildman–Crippen MR) is 37.8 cm³/mol. The number of hydrogen-bond acceptors (Lipinski definition) is 2. The van der Waals surface area contributed by atoms with Gasteiger partial charge in [0.1, 0.15) is 6.61 Å². The molecule has 1 saturated heterocycles. The molecule has 1 aliphatic heterocycles. The van der Waals surface area contributed by atoms with Gasteiger partial charge in [-0.05, 0) is 19.4 Å². The average molecular weight is 165 g/mol. The molecule has 1 rings (SSSR count). The summed E-state index contributed by atoms with van der Waals surface area (Å²) in [5.74, 6) is 0. The lowest BCUT2D eigenvalue weighted by molar-refractivity contribution is -0.0313. The molecule has 0 bridgehead atoms. The molecular weight excluding hydrogens is 152 g/mol. The second kappa shape index (κ2) is 4.62. The van der Waals surface area contributed by atoms with Crippen LogP contribution < -0.4 is 5.32 Å². The molecule has 0 aromatic heterocycles. The molecule has 0 aliphatic carbocycles. The maximum absolute atomic E-state index is 11.6. The fourth-order valence-electron chi connectivity index (χ4n) is 1.17. The van der Waals surface area contributed by atoms with E-state index in [1.807, 2.05) is 0 Å². The van der Waals surface area contributed by atoms with Gasteiger partial charge in [0.15, 0.2) is 0 Å². The zero-order valence-electron chi connectivity index (χ0n) is 6.35. The molecule has 2 nitrogen and oxygen atoms in total. The van der Waals surface area contributed by atoms with Crippen molar-refractivity contribution in [2.75, 3.05) is 19.7 Å². The van der Waals surface area contributed by atoms with E-state index in [0.717, 1.165) is 19.4 Å². The maximum atomic E-state index is 11.6. The molecule has 66 valence electrons. The van der Waals surface area contributed by atoms with Crippen LogP contribution in [-0.2, 0) is 4.74 Å². The first-order valence-electron chi connectivity index (χ1n) is 3.89. The highest BCUT2D eigenvalue weighted by Crippen LogP contribution is 2.07. The molecule has 0 aromatic carbocycles. The molecular formula is C7H13F2NO. The normalized spacial score (nSPS) is 25.9. The van der Waals surface area contributed by atoms with Crippen molar-refractivity contribution in [3.8, 4) is 0 Å². The monoisotopic (exact) mass is 165 g/mol. The molecule has 0 radical (unpaired) electrons. The lowest BCUT2D eigenvalue weighted by atomic mass is 10.1. The maximum Gasteiger partial charge on any atom is 0.261 e. The van der Waals surface area contributed by atoms with Gasteiger partial charge in [0.05, 0.1) is 6.10 Å². The number of hydrogen-bond donors (Lipinski definition) is 1. The zero-order chi connectivity index (χ0) is 8.10. The summed E-state index contributed by atoms with van der Waals surface area (Å²) in [6, 6.07) is 0. The second-order valence-corrected chi connectivity index (χ2v) is 2.69. The molecule has 0 saturated carbocycles. The number of ether oxygens (including phenoxy) is 1. The molecule has 1 unspecified atom stereocenters. The van der Waals surface area contributed by atoms with Gasteiger partial charge in [0.25, 0.3) is 6.43 Å². The van der Waals surface area contributed by atoms with E-state index in [4.69, 9.17) is 4.74 Å². The first-order valence-corrected chi connectivity index (χ1v) is 3.89. The topological polar surface area (TPSA) is 21.3 Å². The summed E-state index contributed by atoms with van der Waals surface area (Å²) in [5.41, 5.74) is 0. The van der Waals surface area contributed by atoms with E-state index in [1.54, 1.807) is 0 Å². The van der Waals surface area contributed by atoms with Crippen molar-refractivity contribution >= 4 is 0 Å². The van der Waals surface area contributed by atoms with Crippen LogP contribution in [-0.4, -0.2) is 32.2 Å². The van der Waals surface area contributed by atoms with Gasteiger partial charge in [-0.25, -0.2) is 8.78 Å². The lowest BCUT2D eigenvalue weighted by Gasteiger charge is -2.22. The highest BCUT2D eigenvalue weighted by Gasteiger charge is 2.14. The first-order chi connectivity index (χ1) is 5.29. The largest absolute Gasteiger partial charge is 0.371 e. The smallest absolute Gasteiger partial charge is 0.261 e. The Morgan fingerprint density at radius 1 is 1.55 bits per heavy atom. The van der Waals surface area contributed by atoms with Crippen LogP contribution >= 0.6 is 0 Å². The summed E-state index contributed by atoms with van der Waals surface area (Å²) in [7, 11) is 0. The summed E-state index contributed by atoms with van der Waals surface area (Å²) in [6.07, 6.45) is -0.414. The Bertz CT molecular complexity index is 105. The number of halogens is 2. The molecule has 1 heterocycles. The fourth-order valence-corrected chi connectivity index (χ4v) is 1.17. The summed E-state index contributed by atoms with van der Waals surface area (Å²) >= 11 is 0. The molecule has 0 amide bonds. The van der Waals surface area contributed by atoms with Gasteiger partial charge >= 0.3 is 0 Å². The third kappa shape index (κ3) is 3.62. The van der Waals surface area contributed by atoms with Gasteiger partial charge in [0, 0.05) is 6.54 Å². The average Bonchev–Trinajstić information content (AvgIpc) is 2.03. The Morgan fingerprint density at radius 2 is 2.36 bits per heavy atom. The summed E-state index contributed by atoms with van der Waals surface area (Å²) < 4.78 is 28.2. The molecule has 0 spiro atoms. The highest BCUT2D eigenvalue weighted by atomic mass is 19.3. The van der Waals surface area contributed by atoms with Crippen LogP contribution in [0.2, 0.25) is 0 Å². The van der Waals surface area contributed by atoms with Crippen LogP contribution in [0.4, 0.5) is 8.78 Å². The van der Waals surface area contributed by atoms with Crippen LogP contribution in [0.1, 0.15) is 12.8 Å². The van der Waals surface area contributed by atoms with E-state index in [9.17, 15) is 8.78 Å². The molecule has 11 heavy (non-hydrogen) atoms. The first kappa shape index (κ1) is 8.87. The minimum Gasteiger partial charge on any atom is -0.371 e. The van der Waals surface area contributed by atoms with E-state index in [2.05, 4.69) is 5.32 Å². The van der Waals surface area contributed by atoms with Crippen LogP contribution in [0.3, 0.4) is 0 Å². The third-order valence-electron chi connectivity index (χ3n) is 1.71. The number of rotatable bonds is 3. The lowest BCUT2D eigenvalue weighted by Crippen LogP contribution is -2.36. The Kier molecular flexibility index (Phi) is 3.72. The van der Waals surface area contributed by atoms with Gasteiger partial charge in [-0.15, -0.1) is 0 Å². The Labute approximate surface area is 64.9 Å². The Morgan fingerprint density at radius 3 is 2.91 bits per heavy atom. The fraction of sp³-hybridized carbons (Fsp3) is 1.00. The van der Waals surface area contributed by atoms with Crippen molar-refractivity contribution in [1.29, 1.82) is 0 Å². The van der Waals surface area contributed by atoms with E-state index in [1.165, 1.54) is 0 Å². The summed E-state index contributed by atoms with van der Waals surface area (Å²) in [5, 5.41) is 3.09. The van der Waals surface area contributed by atoms with Crippen molar-refractivity contribution in [2.24, 2.45) is 0 Å². The van der Waals surface area contributed by atoms with Gasteiger partial charge in [-0.3, -0.25) is 0 Å². The molecule has 1 N–H and O–H groups in total. The molecule has 0 aromatic rings. The van der Waals surface area contributed by atoms with Crippen molar-refractivity contribution < 1.29 is 13.5 Å². The molecule has 4 heteroatoms. The van der Waals surface area contributed by atoms with Gasteiger partial charge in [-0.1, -0.05) is 0 Å². The van der Waals surface area contributed by atoms with Crippen molar-refractivity contribution in [2.45, 2.75) is 25.4 Å². The molecule has 1 fully saturated rings. The van der Waals surface area contributed by atoms with E-state index < -0.39 is 13.0 Å². The minimum atomic E-state index is -2.34. The van der Waals surface area contributed by atoms with E-state index in [-0.39, 0.29) is 6.10 Å². The quantitative estimate of drug-likeness (QED) is 0.674. The van der Waals surface area contributed by atoms with Crippen molar-refractivity contribution in [3.05, 3.63) is 0 Å².